The summed E-state index contributed by atoms with van der Waals surface area (Å²) >= 11 is 12.3. The molecule has 0 aromatic heterocycles. The zero-order valence-electron chi connectivity index (χ0n) is 16.3. The molecule has 1 N–H and O–H groups in total. The van der Waals surface area contributed by atoms with E-state index in [-0.39, 0.29) is 27.0 Å². The van der Waals surface area contributed by atoms with Crippen molar-refractivity contribution in [2.75, 3.05) is 9.96 Å². The average molecular weight is 473 g/mol. The summed E-state index contributed by atoms with van der Waals surface area (Å²) < 4.78 is 13.4. The van der Waals surface area contributed by atoms with Crippen LogP contribution in [0.1, 0.15) is 11.6 Å². The van der Waals surface area contributed by atoms with E-state index in [2.05, 4.69) is 0 Å². The number of halogens is 3. The van der Waals surface area contributed by atoms with E-state index in [0.717, 1.165) is 4.90 Å². The van der Waals surface area contributed by atoms with Gasteiger partial charge in [0.1, 0.15) is 17.5 Å². The largest absolute Gasteiger partial charge is 0.506 e. The third-order valence-electron chi connectivity index (χ3n) is 5.59. The molecule has 2 aliphatic rings. The van der Waals surface area contributed by atoms with Crippen LogP contribution in [0.4, 0.5) is 15.8 Å². The van der Waals surface area contributed by atoms with Crippen LogP contribution in [0.15, 0.2) is 66.7 Å². The molecular weight excluding hydrogens is 458 g/mol. The molecule has 3 aromatic rings. The van der Waals surface area contributed by atoms with Gasteiger partial charge in [-0.2, -0.15) is 0 Å². The number of hydroxylamine groups is 1. The predicted octanol–water partition coefficient (Wildman–Crippen LogP) is 4.89. The number of anilines is 2. The van der Waals surface area contributed by atoms with Gasteiger partial charge in [-0.15, -0.1) is 0 Å². The number of benzene rings is 3. The smallest absolute Gasteiger partial charge is 0.266 e. The minimum absolute atomic E-state index is 0.0103. The van der Waals surface area contributed by atoms with Crippen molar-refractivity contribution in [2.24, 2.45) is 5.92 Å². The zero-order valence-corrected chi connectivity index (χ0v) is 17.8. The fourth-order valence-corrected chi connectivity index (χ4v) is 4.69. The first-order valence-electron chi connectivity index (χ1n) is 9.69. The van der Waals surface area contributed by atoms with Gasteiger partial charge < -0.3 is 5.11 Å². The minimum Gasteiger partial charge on any atom is -0.506 e. The molecule has 162 valence electrons. The molecule has 0 unspecified atom stereocenters. The van der Waals surface area contributed by atoms with Gasteiger partial charge >= 0.3 is 0 Å². The van der Waals surface area contributed by atoms with E-state index >= 15 is 0 Å². The van der Waals surface area contributed by atoms with Gasteiger partial charge in [0.2, 0.25) is 5.91 Å². The van der Waals surface area contributed by atoms with Crippen LogP contribution in [0, 0.1) is 11.7 Å². The lowest BCUT2D eigenvalue weighted by molar-refractivity contribution is -0.126. The first-order valence-corrected chi connectivity index (χ1v) is 10.4. The lowest BCUT2D eigenvalue weighted by Gasteiger charge is -2.29. The molecule has 6 nitrogen and oxygen atoms in total. The molecule has 2 amide bonds. The molecule has 3 aromatic carbocycles. The number of hydrogen-bond donors (Lipinski definition) is 1. The Hall–Kier alpha value is -3.13. The van der Waals surface area contributed by atoms with Gasteiger partial charge in [-0.25, -0.2) is 14.4 Å². The van der Waals surface area contributed by atoms with Gasteiger partial charge in [0.25, 0.3) is 5.91 Å². The van der Waals surface area contributed by atoms with E-state index in [1.807, 2.05) is 6.07 Å². The summed E-state index contributed by atoms with van der Waals surface area (Å²) in [5.74, 6) is -2.86. The Morgan fingerprint density at radius 3 is 2.28 bits per heavy atom. The van der Waals surface area contributed by atoms with E-state index in [1.165, 1.54) is 41.5 Å². The van der Waals surface area contributed by atoms with Crippen LogP contribution in [-0.4, -0.2) is 23.0 Å². The fourth-order valence-electron chi connectivity index (χ4n) is 4.19. The maximum absolute atomic E-state index is 13.5. The molecular formula is C23H15Cl2FN2O4. The van der Waals surface area contributed by atoms with Crippen molar-refractivity contribution < 1.29 is 23.9 Å². The summed E-state index contributed by atoms with van der Waals surface area (Å²) in [5, 5.41) is 12.4. The van der Waals surface area contributed by atoms with Gasteiger partial charge in [-0.1, -0.05) is 41.4 Å². The topological polar surface area (TPSA) is 70.1 Å². The van der Waals surface area contributed by atoms with Crippen molar-refractivity contribution in [1.29, 1.82) is 0 Å². The second-order valence-electron chi connectivity index (χ2n) is 7.47. The van der Waals surface area contributed by atoms with Crippen molar-refractivity contribution >= 4 is 46.4 Å². The van der Waals surface area contributed by atoms with E-state index in [0.29, 0.717) is 5.69 Å². The van der Waals surface area contributed by atoms with Crippen LogP contribution in [0.25, 0.3) is 0 Å². The summed E-state index contributed by atoms with van der Waals surface area (Å²) in [5.41, 5.74) is 1.06. The van der Waals surface area contributed by atoms with E-state index < -0.39 is 35.7 Å². The molecule has 9 heteroatoms. The van der Waals surface area contributed by atoms with Crippen LogP contribution >= 0.6 is 23.2 Å². The Bertz CT molecular complexity index is 1220. The second kappa shape index (κ2) is 7.78. The number of imide groups is 1. The number of carbonyl (C=O) groups is 2. The Morgan fingerprint density at radius 1 is 0.906 bits per heavy atom. The van der Waals surface area contributed by atoms with Gasteiger partial charge in [0, 0.05) is 10.6 Å². The molecule has 2 heterocycles. The Kier molecular flexibility index (Phi) is 5.04. The number of phenolic OH excluding ortho intramolecular Hbond substituents is 1. The van der Waals surface area contributed by atoms with Crippen molar-refractivity contribution in [3.63, 3.8) is 0 Å². The Labute approximate surface area is 192 Å². The number of hydrogen-bond acceptors (Lipinski definition) is 5. The van der Waals surface area contributed by atoms with E-state index in [9.17, 15) is 19.1 Å². The van der Waals surface area contributed by atoms with Gasteiger partial charge in [-0.05, 0) is 48.5 Å². The molecule has 5 rings (SSSR count). The number of phenols is 1. The van der Waals surface area contributed by atoms with Gasteiger partial charge in [0.05, 0.1) is 22.4 Å². The summed E-state index contributed by atoms with van der Waals surface area (Å²) in [6.07, 6.45) is -1.14. The number of rotatable bonds is 3. The van der Waals surface area contributed by atoms with Crippen molar-refractivity contribution in [2.45, 2.75) is 12.1 Å². The second-order valence-corrected chi connectivity index (χ2v) is 8.32. The molecule has 32 heavy (non-hydrogen) atoms. The first-order chi connectivity index (χ1) is 15.4. The van der Waals surface area contributed by atoms with E-state index in [4.69, 9.17) is 28.0 Å². The molecule has 2 aliphatic heterocycles. The van der Waals surface area contributed by atoms with Crippen LogP contribution in [0.2, 0.25) is 10.0 Å². The molecule has 0 spiro atoms. The highest BCUT2D eigenvalue weighted by molar-refractivity contribution is 6.35. The highest BCUT2D eigenvalue weighted by atomic mass is 35.5. The first kappa shape index (κ1) is 20.8. The number of nitrogens with zero attached hydrogens (tertiary/aromatic N) is 2. The SMILES string of the molecule is O=C1[C@@H]2[C@@H](c3cc(Cl)cc(Cl)c3O)N(c3ccccc3)O[C@H]2C(=O)N1c1ccc(F)cc1. The van der Waals surface area contributed by atoms with Crippen molar-refractivity contribution in [3.8, 4) is 5.75 Å². The number of carbonyl (C=O) groups excluding carboxylic acids is 2. The van der Waals surface area contributed by atoms with Crippen LogP contribution < -0.4 is 9.96 Å². The van der Waals surface area contributed by atoms with Gasteiger partial charge in [-0.3, -0.25) is 14.4 Å². The number of amides is 2. The molecule has 0 saturated carbocycles. The molecule has 3 atom stereocenters. The molecule has 0 radical (unpaired) electrons. The Balaban J connectivity index is 1.64. The summed E-state index contributed by atoms with van der Waals surface area (Å²) in [7, 11) is 0. The monoisotopic (exact) mass is 472 g/mol. The maximum Gasteiger partial charge on any atom is 0.266 e. The molecule has 2 saturated heterocycles. The van der Waals surface area contributed by atoms with Crippen LogP contribution in [0.3, 0.4) is 0 Å². The molecule has 0 aliphatic carbocycles. The fraction of sp³-hybridized carbons (Fsp3) is 0.130. The molecule has 0 bridgehead atoms. The predicted molar refractivity (Wildman–Crippen MR) is 117 cm³/mol. The standard InChI is InChI=1S/C23H15Cl2FN2O4/c24-12-10-16(20(29)17(25)11-12)19-18-21(32-28(19)15-4-2-1-3-5-15)23(31)27(22(18)30)14-8-6-13(26)7-9-14/h1-11,18-19,21,29H/t18-,19-,21-/m1/s1. The number of fused-ring (bicyclic) bond motifs is 1. The Morgan fingerprint density at radius 2 is 1.59 bits per heavy atom. The number of para-hydroxylation sites is 1. The zero-order chi connectivity index (χ0) is 22.6. The van der Waals surface area contributed by atoms with E-state index in [1.54, 1.807) is 24.3 Å². The van der Waals surface area contributed by atoms with Crippen molar-refractivity contribution in [3.05, 3.63) is 88.2 Å². The third kappa shape index (κ3) is 3.21. The van der Waals surface area contributed by atoms with Crippen molar-refractivity contribution in [1.82, 2.24) is 0 Å². The lowest BCUT2D eigenvalue weighted by Crippen LogP contribution is -2.37. The number of aromatic hydroxyl groups is 1. The van der Waals surface area contributed by atoms with Gasteiger partial charge in [0.15, 0.2) is 6.10 Å². The molecule has 2 fully saturated rings. The summed E-state index contributed by atoms with van der Waals surface area (Å²) in [6.45, 7) is 0. The van der Waals surface area contributed by atoms with Crippen LogP contribution in [-0.2, 0) is 14.4 Å². The summed E-state index contributed by atoms with van der Waals surface area (Å²) in [6, 6.07) is 15.9. The summed E-state index contributed by atoms with van der Waals surface area (Å²) in [4.78, 5) is 33.6. The average Bonchev–Trinajstić information content (AvgIpc) is 3.28. The highest BCUT2D eigenvalue weighted by Gasteiger charge is 2.60. The third-order valence-corrected chi connectivity index (χ3v) is 6.09. The maximum atomic E-state index is 13.5. The quantitative estimate of drug-likeness (QED) is 0.549. The minimum atomic E-state index is -1.14. The lowest BCUT2D eigenvalue weighted by atomic mass is 9.90. The highest BCUT2D eigenvalue weighted by Crippen LogP contribution is 2.50. The van der Waals surface area contributed by atoms with Crippen LogP contribution in [0.5, 0.6) is 5.75 Å². The normalized spacial score (nSPS) is 22.5.